The predicted octanol–water partition coefficient (Wildman–Crippen LogP) is 3.24. The Hall–Kier alpha value is -3.62. The number of hydrogen-bond donors (Lipinski definition) is 1. The highest BCUT2D eigenvalue weighted by atomic mass is 19.3. The van der Waals surface area contributed by atoms with Crippen molar-refractivity contribution in [2.75, 3.05) is 6.61 Å². The van der Waals surface area contributed by atoms with Gasteiger partial charge in [-0.05, 0) is 60.7 Å². The van der Waals surface area contributed by atoms with Gasteiger partial charge in [0, 0.05) is 17.5 Å². The average molecular weight is 445 g/mol. The van der Waals surface area contributed by atoms with Gasteiger partial charge in [-0.15, -0.1) is 0 Å². The summed E-state index contributed by atoms with van der Waals surface area (Å²) in [5, 5.41) is 2.02. The molecule has 0 heterocycles. The number of halogens is 2. The average Bonchev–Trinajstić information content (AvgIpc) is 3.24. The smallest absolute Gasteiger partial charge is 0.387 e. The Kier molecular flexibility index (Phi) is 7.64. The maximum absolute atomic E-state index is 12.3. The van der Waals surface area contributed by atoms with E-state index in [0.29, 0.717) is 5.56 Å². The first-order valence-corrected chi connectivity index (χ1v) is 10.0. The number of alkyl halides is 2. The number of imide groups is 1. The van der Waals surface area contributed by atoms with Crippen molar-refractivity contribution in [1.29, 1.82) is 0 Å². The van der Waals surface area contributed by atoms with Crippen LogP contribution in [-0.4, -0.2) is 36.8 Å². The van der Waals surface area contributed by atoms with E-state index in [0.717, 1.165) is 37.0 Å². The standard InChI is InChI=1S/C23H21F2NO6/c24-23(25)32-18-8-6-15(7-9-18)22(30)26-20(28)13-31-21(29)11-10-19(27)17-5-4-14-2-1-3-16(14)12-17/h4-9,12,23H,1-3,10-11,13H2,(H,26,28,30). The van der Waals surface area contributed by atoms with Crippen LogP contribution < -0.4 is 10.1 Å². The van der Waals surface area contributed by atoms with E-state index in [4.69, 9.17) is 4.74 Å². The molecule has 0 spiro atoms. The molecule has 0 unspecified atom stereocenters. The Balaban J connectivity index is 1.39. The second-order valence-corrected chi connectivity index (χ2v) is 7.20. The van der Waals surface area contributed by atoms with Gasteiger partial charge in [0.15, 0.2) is 12.4 Å². The predicted molar refractivity (Wildman–Crippen MR) is 109 cm³/mol. The summed E-state index contributed by atoms with van der Waals surface area (Å²) < 4.78 is 33.2. The van der Waals surface area contributed by atoms with Crippen LogP contribution in [0.3, 0.4) is 0 Å². The van der Waals surface area contributed by atoms with Gasteiger partial charge in [0.25, 0.3) is 11.8 Å². The molecule has 0 aromatic heterocycles. The molecule has 0 aliphatic heterocycles. The summed E-state index contributed by atoms with van der Waals surface area (Å²) in [6.45, 7) is -3.68. The lowest BCUT2D eigenvalue weighted by molar-refractivity contribution is -0.148. The number of Topliss-reactive ketones (excluding diaryl/α,β-unsaturated/α-hetero) is 1. The van der Waals surface area contributed by atoms with Crippen molar-refractivity contribution in [3.05, 3.63) is 64.7 Å². The lowest BCUT2D eigenvalue weighted by Gasteiger charge is -2.07. The van der Waals surface area contributed by atoms with Crippen LogP contribution in [0.5, 0.6) is 5.75 Å². The highest BCUT2D eigenvalue weighted by molar-refractivity contribution is 6.05. The first-order valence-electron chi connectivity index (χ1n) is 10.0. The molecule has 2 aromatic carbocycles. The lowest BCUT2D eigenvalue weighted by atomic mass is 10.0. The Morgan fingerprint density at radius 3 is 2.31 bits per heavy atom. The topological polar surface area (TPSA) is 98.8 Å². The molecule has 2 amide bonds. The Bertz CT molecular complexity index is 1020. The van der Waals surface area contributed by atoms with Crippen LogP contribution in [-0.2, 0) is 27.2 Å². The van der Waals surface area contributed by atoms with E-state index in [9.17, 15) is 28.0 Å². The second-order valence-electron chi connectivity index (χ2n) is 7.20. The van der Waals surface area contributed by atoms with Crippen LogP contribution >= 0.6 is 0 Å². The zero-order valence-corrected chi connectivity index (χ0v) is 17.1. The fourth-order valence-electron chi connectivity index (χ4n) is 3.35. The number of hydrogen-bond acceptors (Lipinski definition) is 6. The van der Waals surface area contributed by atoms with Gasteiger partial charge in [0.05, 0.1) is 6.42 Å². The van der Waals surface area contributed by atoms with Crippen molar-refractivity contribution in [3.63, 3.8) is 0 Å². The molecule has 2 aromatic rings. The van der Waals surface area contributed by atoms with Gasteiger partial charge < -0.3 is 9.47 Å². The summed E-state index contributed by atoms with van der Waals surface area (Å²) in [5.74, 6) is -2.71. The van der Waals surface area contributed by atoms with Crippen LogP contribution in [0, 0.1) is 0 Å². The molecular formula is C23H21F2NO6. The number of carbonyl (C=O) groups is 4. The molecule has 0 bridgehead atoms. The van der Waals surface area contributed by atoms with E-state index in [-0.39, 0.29) is 29.9 Å². The highest BCUT2D eigenvalue weighted by Crippen LogP contribution is 2.23. The largest absolute Gasteiger partial charge is 0.456 e. The maximum Gasteiger partial charge on any atom is 0.387 e. The van der Waals surface area contributed by atoms with Crippen LogP contribution in [0.2, 0.25) is 0 Å². The third-order valence-corrected chi connectivity index (χ3v) is 4.94. The molecule has 7 nitrogen and oxygen atoms in total. The maximum atomic E-state index is 12.3. The molecule has 0 fully saturated rings. The van der Waals surface area contributed by atoms with Crippen LogP contribution in [0.4, 0.5) is 8.78 Å². The van der Waals surface area contributed by atoms with E-state index < -0.39 is 31.0 Å². The number of nitrogens with one attached hydrogen (secondary N) is 1. The Morgan fingerprint density at radius 2 is 1.59 bits per heavy atom. The van der Waals surface area contributed by atoms with E-state index in [1.807, 2.05) is 17.4 Å². The van der Waals surface area contributed by atoms with Gasteiger partial charge in [0.1, 0.15) is 5.75 Å². The van der Waals surface area contributed by atoms with Crippen LogP contribution in [0.1, 0.15) is 51.1 Å². The van der Waals surface area contributed by atoms with Crippen LogP contribution in [0.15, 0.2) is 42.5 Å². The quantitative estimate of drug-likeness (QED) is 0.470. The van der Waals surface area contributed by atoms with Crippen molar-refractivity contribution in [2.45, 2.75) is 38.7 Å². The van der Waals surface area contributed by atoms with E-state index >= 15 is 0 Å². The first-order chi connectivity index (χ1) is 15.3. The van der Waals surface area contributed by atoms with Gasteiger partial charge >= 0.3 is 12.6 Å². The number of carbonyl (C=O) groups excluding carboxylic acids is 4. The molecule has 0 saturated heterocycles. The number of ether oxygens (including phenoxy) is 2. The normalized spacial score (nSPS) is 12.2. The minimum absolute atomic E-state index is 0.0336. The molecule has 9 heteroatoms. The summed E-state index contributed by atoms with van der Waals surface area (Å²) in [5.41, 5.74) is 2.99. The second kappa shape index (κ2) is 10.6. The number of rotatable bonds is 9. The monoisotopic (exact) mass is 445 g/mol. The fourth-order valence-corrected chi connectivity index (χ4v) is 3.35. The molecule has 0 saturated carbocycles. The number of aryl methyl sites for hydroxylation is 2. The summed E-state index contributed by atoms with van der Waals surface area (Å²) in [7, 11) is 0. The van der Waals surface area contributed by atoms with E-state index in [1.54, 1.807) is 6.07 Å². The third-order valence-electron chi connectivity index (χ3n) is 4.94. The lowest BCUT2D eigenvalue weighted by Crippen LogP contribution is -2.34. The SMILES string of the molecule is O=C(COC(=O)CCC(=O)c1ccc2c(c1)CCC2)NC(=O)c1ccc(OC(F)F)cc1. The molecule has 1 aliphatic carbocycles. The third kappa shape index (κ3) is 6.44. The van der Waals surface area contributed by atoms with Crippen molar-refractivity contribution in [2.24, 2.45) is 0 Å². The molecule has 3 rings (SSSR count). The number of ketones is 1. The molecule has 1 N–H and O–H groups in total. The van der Waals surface area contributed by atoms with Crippen molar-refractivity contribution < 1.29 is 37.4 Å². The molecule has 0 radical (unpaired) electrons. The first kappa shape index (κ1) is 23.1. The highest BCUT2D eigenvalue weighted by Gasteiger charge is 2.17. The zero-order valence-electron chi connectivity index (χ0n) is 17.1. The number of amides is 2. The van der Waals surface area contributed by atoms with Gasteiger partial charge in [-0.3, -0.25) is 24.5 Å². The van der Waals surface area contributed by atoms with Gasteiger partial charge in [-0.1, -0.05) is 12.1 Å². The van der Waals surface area contributed by atoms with Crippen molar-refractivity contribution in [3.8, 4) is 5.75 Å². The Morgan fingerprint density at radius 1 is 0.906 bits per heavy atom. The number of benzene rings is 2. The fraction of sp³-hybridized carbons (Fsp3) is 0.304. The Labute approximate surface area is 182 Å². The summed E-state index contributed by atoms with van der Waals surface area (Å²) in [6.07, 6.45) is 2.79. The zero-order chi connectivity index (χ0) is 23.1. The van der Waals surface area contributed by atoms with Crippen LogP contribution in [0.25, 0.3) is 0 Å². The number of fused-ring (bicyclic) bond motifs is 1. The molecule has 1 aliphatic rings. The molecule has 168 valence electrons. The van der Waals surface area contributed by atoms with Gasteiger partial charge in [-0.25, -0.2) is 0 Å². The molecule has 0 atom stereocenters. The van der Waals surface area contributed by atoms with E-state index in [1.165, 1.54) is 17.7 Å². The molecular weight excluding hydrogens is 424 g/mol. The van der Waals surface area contributed by atoms with Crippen molar-refractivity contribution >= 4 is 23.6 Å². The molecule has 32 heavy (non-hydrogen) atoms. The van der Waals surface area contributed by atoms with Gasteiger partial charge in [0.2, 0.25) is 0 Å². The summed E-state index contributed by atoms with van der Waals surface area (Å²) in [4.78, 5) is 47.9. The summed E-state index contributed by atoms with van der Waals surface area (Å²) in [6, 6.07) is 10.3. The van der Waals surface area contributed by atoms with E-state index in [2.05, 4.69) is 4.74 Å². The number of esters is 1. The summed E-state index contributed by atoms with van der Waals surface area (Å²) >= 11 is 0. The van der Waals surface area contributed by atoms with Gasteiger partial charge in [-0.2, -0.15) is 8.78 Å². The van der Waals surface area contributed by atoms with Crippen molar-refractivity contribution in [1.82, 2.24) is 5.32 Å². The minimum Gasteiger partial charge on any atom is -0.456 e. The minimum atomic E-state index is -2.99.